The fourth-order valence-corrected chi connectivity index (χ4v) is 2.25. The van der Waals surface area contributed by atoms with Crippen molar-refractivity contribution in [3.63, 3.8) is 0 Å². The average molecular weight is 261 g/mol. The van der Waals surface area contributed by atoms with Crippen LogP contribution in [0, 0.1) is 11.6 Å². The predicted molar refractivity (Wildman–Crippen MR) is 73.9 cm³/mol. The maximum absolute atomic E-state index is 13.8. The van der Waals surface area contributed by atoms with Crippen molar-refractivity contribution in [3.05, 3.63) is 59.7 Å². The van der Waals surface area contributed by atoms with Crippen molar-refractivity contribution in [1.29, 1.82) is 0 Å². The molecule has 1 unspecified atom stereocenters. The Balaban J connectivity index is 2.43. The molecule has 0 aliphatic carbocycles. The van der Waals surface area contributed by atoms with Crippen LogP contribution in [0.25, 0.3) is 11.1 Å². The van der Waals surface area contributed by atoms with E-state index in [2.05, 4.69) is 12.2 Å². The molecule has 0 aromatic heterocycles. The lowest BCUT2D eigenvalue weighted by Crippen LogP contribution is -2.15. The molecule has 1 atom stereocenters. The zero-order valence-corrected chi connectivity index (χ0v) is 11.1. The van der Waals surface area contributed by atoms with Gasteiger partial charge in [0.25, 0.3) is 0 Å². The van der Waals surface area contributed by atoms with Crippen LogP contribution in [0.3, 0.4) is 0 Å². The van der Waals surface area contributed by atoms with E-state index in [0.29, 0.717) is 5.56 Å². The molecule has 0 spiro atoms. The zero-order valence-electron chi connectivity index (χ0n) is 11.1. The Morgan fingerprint density at radius 3 is 2.53 bits per heavy atom. The fraction of sp³-hybridized carbons (Fsp3) is 0.250. The molecule has 0 amide bonds. The van der Waals surface area contributed by atoms with Crippen LogP contribution in [0.15, 0.2) is 42.5 Å². The number of rotatable bonds is 4. The Morgan fingerprint density at radius 1 is 1.11 bits per heavy atom. The third kappa shape index (κ3) is 2.99. The van der Waals surface area contributed by atoms with Gasteiger partial charge in [0.15, 0.2) is 0 Å². The van der Waals surface area contributed by atoms with Crippen LogP contribution in [0.1, 0.15) is 24.9 Å². The first-order chi connectivity index (χ1) is 9.15. The second-order valence-electron chi connectivity index (χ2n) is 4.50. The highest BCUT2D eigenvalue weighted by Gasteiger charge is 2.10. The zero-order chi connectivity index (χ0) is 13.8. The van der Waals surface area contributed by atoms with E-state index >= 15 is 0 Å². The monoisotopic (exact) mass is 261 g/mol. The van der Waals surface area contributed by atoms with Gasteiger partial charge >= 0.3 is 0 Å². The first kappa shape index (κ1) is 13.7. The SMILES string of the molecule is CCC(NC)c1cccc(-c2ccc(F)cc2F)c1. The average Bonchev–Trinajstić information content (AvgIpc) is 2.40. The lowest BCUT2D eigenvalue weighted by Gasteiger charge is -2.15. The minimum absolute atomic E-state index is 0.239. The molecule has 0 fully saturated rings. The molecule has 0 bridgehead atoms. The number of halogens is 2. The second kappa shape index (κ2) is 5.93. The number of nitrogens with one attached hydrogen (secondary N) is 1. The van der Waals surface area contributed by atoms with Gasteiger partial charge in [-0.25, -0.2) is 8.78 Å². The highest BCUT2D eigenvalue weighted by molar-refractivity contribution is 5.65. The molecular formula is C16H17F2N. The summed E-state index contributed by atoms with van der Waals surface area (Å²) in [5, 5.41) is 3.22. The molecule has 3 heteroatoms. The maximum Gasteiger partial charge on any atom is 0.133 e. The van der Waals surface area contributed by atoms with Crippen molar-refractivity contribution in [2.45, 2.75) is 19.4 Å². The topological polar surface area (TPSA) is 12.0 Å². The molecule has 0 radical (unpaired) electrons. The van der Waals surface area contributed by atoms with E-state index in [1.54, 1.807) is 0 Å². The minimum Gasteiger partial charge on any atom is -0.313 e. The van der Waals surface area contributed by atoms with Crippen molar-refractivity contribution < 1.29 is 8.78 Å². The molecule has 19 heavy (non-hydrogen) atoms. The summed E-state index contributed by atoms with van der Waals surface area (Å²) >= 11 is 0. The standard InChI is InChI=1S/C16H17F2N/c1-3-16(19-2)12-6-4-5-11(9-12)14-8-7-13(17)10-15(14)18/h4-10,16,19H,3H2,1-2H3. The highest BCUT2D eigenvalue weighted by Crippen LogP contribution is 2.27. The van der Waals surface area contributed by atoms with E-state index in [4.69, 9.17) is 0 Å². The number of hydrogen-bond donors (Lipinski definition) is 1. The summed E-state index contributed by atoms with van der Waals surface area (Å²) in [4.78, 5) is 0. The molecule has 100 valence electrons. The van der Waals surface area contributed by atoms with Crippen LogP contribution in [-0.4, -0.2) is 7.05 Å². The molecule has 2 rings (SSSR count). The molecule has 1 N–H and O–H groups in total. The summed E-state index contributed by atoms with van der Waals surface area (Å²) < 4.78 is 26.7. The van der Waals surface area contributed by atoms with E-state index < -0.39 is 11.6 Å². The predicted octanol–water partition coefficient (Wildman–Crippen LogP) is 4.30. The smallest absolute Gasteiger partial charge is 0.133 e. The second-order valence-corrected chi connectivity index (χ2v) is 4.50. The van der Waals surface area contributed by atoms with E-state index in [9.17, 15) is 8.78 Å². The molecule has 0 aliphatic heterocycles. The Kier molecular flexibility index (Phi) is 4.27. The van der Waals surface area contributed by atoms with Crippen LogP contribution in [0.4, 0.5) is 8.78 Å². The van der Waals surface area contributed by atoms with E-state index in [1.807, 2.05) is 31.3 Å². The van der Waals surface area contributed by atoms with Gasteiger partial charge in [-0.3, -0.25) is 0 Å². The molecule has 0 saturated heterocycles. The minimum atomic E-state index is -0.556. The van der Waals surface area contributed by atoms with Gasteiger partial charge in [-0.1, -0.05) is 25.1 Å². The van der Waals surface area contributed by atoms with Gasteiger partial charge in [0.2, 0.25) is 0 Å². The summed E-state index contributed by atoms with van der Waals surface area (Å²) in [6, 6.07) is 11.6. The third-order valence-electron chi connectivity index (χ3n) is 3.29. The first-order valence-corrected chi connectivity index (χ1v) is 6.38. The number of hydrogen-bond acceptors (Lipinski definition) is 1. The van der Waals surface area contributed by atoms with Crippen LogP contribution in [0.5, 0.6) is 0 Å². The van der Waals surface area contributed by atoms with Crippen LogP contribution in [-0.2, 0) is 0 Å². The molecular weight excluding hydrogens is 244 g/mol. The van der Waals surface area contributed by atoms with Gasteiger partial charge < -0.3 is 5.32 Å². The van der Waals surface area contributed by atoms with Crippen molar-refractivity contribution in [2.75, 3.05) is 7.05 Å². The van der Waals surface area contributed by atoms with Crippen LogP contribution >= 0.6 is 0 Å². The van der Waals surface area contributed by atoms with Gasteiger partial charge in [-0.15, -0.1) is 0 Å². The summed E-state index contributed by atoms with van der Waals surface area (Å²) in [6.45, 7) is 2.09. The van der Waals surface area contributed by atoms with Gasteiger partial charge in [0, 0.05) is 17.7 Å². The maximum atomic E-state index is 13.8. The third-order valence-corrected chi connectivity index (χ3v) is 3.29. The molecule has 2 aromatic carbocycles. The molecule has 1 nitrogen and oxygen atoms in total. The Hall–Kier alpha value is -1.74. The van der Waals surface area contributed by atoms with Gasteiger partial charge in [-0.2, -0.15) is 0 Å². The van der Waals surface area contributed by atoms with Crippen molar-refractivity contribution in [1.82, 2.24) is 5.32 Å². The van der Waals surface area contributed by atoms with E-state index in [-0.39, 0.29) is 6.04 Å². The molecule has 0 saturated carbocycles. The Bertz CT molecular complexity index is 562. The summed E-state index contributed by atoms with van der Waals surface area (Å²) in [5.41, 5.74) is 2.30. The van der Waals surface area contributed by atoms with Crippen LogP contribution < -0.4 is 5.32 Å². The quantitative estimate of drug-likeness (QED) is 0.865. The van der Waals surface area contributed by atoms with Crippen molar-refractivity contribution in [3.8, 4) is 11.1 Å². The first-order valence-electron chi connectivity index (χ1n) is 6.38. The largest absolute Gasteiger partial charge is 0.313 e. The van der Waals surface area contributed by atoms with Gasteiger partial charge in [0.05, 0.1) is 0 Å². The van der Waals surface area contributed by atoms with Crippen LogP contribution in [0.2, 0.25) is 0 Å². The fourth-order valence-electron chi connectivity index (χ4n) is 2.25. The summed E-state index contributed by atoms with van der Waals surface area (Å²) in [5.74, 6) is -1.09. The van der Waals surface area contributed by atoms with Gasteiger partial charge in [0.1, 0.15) is 11.6 Å². The summed E-state index contributed by atoms with van der Waals surface area (Å²) in [6.07, 6.45) is 0.950. The highest BCUT2D eigenvalue weighted by atomic mass is 19.1. The Labute approximate surface area is 112 Å². The van der Waals surface area contributed by atoms with E-state index in [0.717, 1.165) is 23.6 Å². The number of benzene rings is 2. The lowest BCUT2D eigenvalue weighted by molar-refractivity contribution is 0.576. The molecule has 2 aromatic rings. The van der Waals surface area contributed by atoms with E-state index in [1.165, 1.54) is 12.1 Å². The van der Waals surface area contributed by atoms with Crippen molar-refractivity contribution >= 4 is 0 Å². The molecule has 0 heterocycles. The Morgan fingerprint density at radius 2 is 1.89 bits per heavy atom. The normalized spacial score (nSPS) is 12.4. The summed E-state index contributed by atoms with van der Waals surface area (Å²) in [7, 11) is 1.90. The van der Waals surface area contributed by atoms with Crippen molar-refractivity contribution in [2.24, 2.45) is 0 Å². The van der Waals surface area contributed by atoms with Gasteiger partial charge in [-0.05, 0) is 42.8 Å². The molecule has 0 aliphatic rings. The lowest BCUT2D eigenvalue weighted by atomic mass is 9.98.